The second-order valence-electron chi connectivity index (χ2n) is 7.49. The Kier molecular flexibility index (Phi) is 4.95. The molecule has 5 rings (SSSR count). The van der Waals surface area contributed by atoms with Gasteiger partial charge in [0.2, 0.25) is 9.84 Å². The van der Waals surface area contributed by atoms with E-state index in [1.807, 2.05) is 12.1 Å². The van der Waals surface area contributed by atoms with Crippen molar-refractivity contribution in [1.82, 2.24) is 4.98 Å². The molecule has 2 aliphatic rings. The lowest BCUT2D eigenvalue weighted by Crippen LogP contribution is -2.31. The summed E-state index contributed by atoms with van der Waals surface area (Å²) in [6.07, 6.45) is 4.65. The third kappa shape index (κ3) is 3.36. The van der Waals surface area contributed by atoms with Crippen molar-refractivity contribution < 1.29 is 17.9 Å². The molecule has 0 radical (unpaired) electrons. The maximum atomic E-state index is 13.6. The number of aromatic nitrogens is 1. The zero-order chi connectivity index (χ0) is 20.7. The van der Waals surface area contributed by atoms with Crippen LogP contribution in [0.25, 0.3) is 10.9 Å². The van der Waals surface area contributed by atoms with Gasteiger partial charge in [0.15, 0.2) is 11.5 Å². The highest BCUT2D eigenvalue weighted by Crippen LogP contribution is 2.42. The molecule has 6 nitrogen and oxygen atoms in total. The third-order valence-corrected chi connectivity index (χ3v) is 7.58. The van der Waals surface area contributed by atoms with Crippen LogP contribution >= 0.6 is 11.6 Å². The monoisotopic (exact) mass is 444 g/mol. The third-order valence-electron chi connectivity index (χ3n) is 5.56. The first-order valence-electron chi connectivity index (χ1n) is 10.0. The summed E-state index contributed by atoms with van der Waals surface area (Å²) in [7, 11) is -3.78. The molecule has 0 bridgehead atoms. The van der Waals surface area contributed by atoms with Crippen molar-refractivity contribution in [3.05, 3.63) is 47.6 Å². The van der Waals surface area contributed by atoms with Gasteiger partial charge in [-0.2, -0.15) is 0 Å². The first-order valence-corrected chi connectivity index (χ1v) is 11.9. The highest BCUT2D eigenvalue weighted by atomic mass is 35.5. The van der Waals surface area contributed by atoms with E-state index in [1.165, 1.54) is 18.3 Å². The summed E-state index contributed by atoms with van der Waals surface area (Å²) in [6.45, 7) is 2.56. The fraction of sp³-hybridized carbons (Fsp3) is 0.318. The predicted molar refractivity (Wildman–Crippen MR) is 116 cm³/mol. The lowest BCUT2D eigenvalue weighted by atomic mass is 10.1. The van der Waals surface area contributed by atoms with E-state index in [0.29, 0.717) is 40.9 Å². The van der Waals surface area contributed by atoms with Crippen LogP contribution in [0.4, 0.5) is 5.69 Å². The number of benzene rings is 2. The molecule has 0 aliphatic carbocycles. The van der Waals surface area contributed by atoms with Crippen LogP contribution < -0.4 is 14.4 Å². The highest BCUT2D eigenvalue weighted by molar-refractivity contribution is 7.91. The van der Waals surface area contributed by atoms with E-state index >= 15 is 0 Å². The van der Waals surface area contributed by atoms with Gasteiger partial charge in [0.05, 0.1) is 16.1 Å². The van der Waals surface area contributed by atoms with Gasteiger partial charge < -0.3 is 14.4 Å². The Morgan fingerprint density at radius 2 is 1.60 bits per heavy atom. The molecule has 1 fully saturated rings. The molecule has 3 heterocycles. The maximum absolute atomic E-state index is 13.6. The number of ether oxygens (including phenoxy) is 2. The number of sulfone groups is 1. The summed E-state index contributed by atoms with van der Waals surface area (Å²) in [4.78, 5) is 7.05. The molecule has 0 amide bonds. The van der Waals surface area contributed by atoms with E-state index in [2.05, 4.69) is 9.88 Å². The van der Waals surface area contributed by atoms with E-state index in [-0.39, 0.29) is 9.79 Å². The van der Waals surface area contributed by atoms with Crippen LogP contribution in [-0.4, -0.2) is 39.7 Å². The number of halogens is 1. The quantitative estimate of drug-likeness (QED) is 0.593. The van der Waals surface area contributed by atoms with Gasteiger partial charge in [0.1, 0.15) is 18.1 Å². The van der Waals surface area contributed by atoms with Crippen molar-refractivity contribution in [2.45, 2.75) is 29.1 Å². The fourth-order valence-electron chi connectivity index (χ4n) is 4.08. The Balaban J connectivity index is 1.75. The Bertz CT molecular complexity index is 1210. The molecule has 2 aliphatic heterocycles. The van der Waals surface area contributed by atoms with E-state index in [1.54, 1.807) is 12.1 Å². The molecule has 0 atom stereocenters. The van der Waals surface area contributed by atoms with Crippen LogP contribution in [0.2, 0.25) is 5.02 Å². The lowest BCUT2D eigenvalue weighted by Gasteiger charge is -2.31. The fourth-order valence-corrected chi connectivity index (χ4v) is 5.64. The largest absolute Gasteiger partial charge is 0.486 e. The molecule has 1 aromatic heterocycles. The van der Waals surface area contributed by atoms with Gasteiger partial charge in [0.25, 0.3) is 0 Å². The van der Waals surface area contributed by atoms with Gasteiger partial charge in [-0.1, -0.05) is 11.6 Å². The topological polar surface area (TPSA) is 68.7 Å². The molecule has 0 N–H and O–H groups in total. The number of hydrogen-bond acceptors (Lipinski definition) is 6. The van der Waals surface area contributed by atoms with E-state index in [0.717, 1.165) is 37.7 Å². The summed E-state index contributed by atoms with van der Waals surface area (Å²) >= 11 is 5.97. The summed E-state index contributed by atoms with van der Waals surface area (Å²) in [5, 5.41) is 1.25. The van der Waals surface area contributed by atoms with Crippen LogP contribution in [0.15, 0.2) is 52.4 Å². The number of hydrogen-bond donors (Lipinski definition) is 0. The minimum atomic E-state index is -3.78. The van der Waals surface area contributed by atoms with E-state index < -0.39 is 9.84 Å². The summed E-state index contributed by atoms with van der Waals surface area (Å²) in [6, 6.07) is 9.94. The Morgan fingerprint density at radius 1 is 0.933 bits per heavy atom. The second-order valence-corrected chi connectivity index (χ2v) is 9.84. The number of piperidine rings is 1. The SMILES string of the molecule is O=S(=O)(c1ccc(Cl)cc1)c1cnc2cc3c(cc2c1N1CCCCC1)OCCO3. The summed E-state index contributed by atoms with van der Waals surface area (Å²) in [5.41, 5.74) is 1.38. The molecule has 0 spiro atoms. The maximum Gasteiger partial charge on any atom is 0.210 e. The molecule has 3 aromatic rings. The summed E-state index contributed by atoms with van der Waals surface area (Å²) in [5.74, 6) is 1.26. The van der Waals surface area contributed by atoms with Crippen molar-refractivity contribution in [1.29, 1.82) is 0 Å². The van der Waals surface area contributed by atoms with Crippen LogP contribution in [0.3, 0.4) is 0 Å². The van der Waals surface area contributed by atoms with Crippen LogP contribution in [0, 0.1) is 0 Å². The Labute approximate surface area is 180 Å². The summed E-state index contributed by atoms with van der Waals surface area (Å²) < 4.78 is 38.6. The van der Waals surface area contributed by atoms with Crippen LogP contribution in [0.1, 0.15) is 19.3 Å². The van der Waals surface area contributed by atoms with Gasteiger partial charge in [-0.3, -0.25) is 4.98 Å². The van der Waals surface area contributed by atoms with Gasteiger partial charge >= 0.3 is 0 Å². The van der Waals surface area contributed by atoms with Crippen LogP contribution in [0.5, 0.6) is 11.5 Å². The number of pyridine rings is 1. The normalized spacial score (nSPS) is 16.6. The number of anilines is 1. The smallest absolute Gasteiger partial charge is 0.210 e. The van der Waals surface area contributed by atoms with Gasteiger partial charge in [-0.15, -0.1) is 0 Å². The first kappa shape index (κ1) is 19.5. The zero-order valence-electron chi connectivity index (χ0n) is 16.3. The molecular weight excluding hydrogens is 424 g/mol. The van der Waals surface area contributed by atoms with Crippen molar-refractivity contribution in [3.8, 4) is 11.5 Å². The lowest BCUT2D eigenvalue weighted by molar-refractivity contribution is 0.172. The highest BCUT2D eigenvalue weighted by Gasteiger charge is 2.28. The van der Waals surface area contributed by atoms with E-state index in [9.17, 15) is 8.42 Å². The Hall–Kier alpha value is -2.51. The van der Waals surface area contributed by atoms with Gasteiger partial charge in [0, 0.05) is 35.8 Å². The minimum Gasteiger partial charge on any atom is -0.486 e. The van der Waals surface area contributed by atoms with Gasteiger partial charge in [-0.25, -0.2) is 8.42 Å². The number of fused-ring (bicyclic) bond motifs is 2. The standard InChI is InChI=1S/C22H21ClN2O4S/c23-15-4-6-16(7-5-15)30(26,27)21-14-24-18-13-20-19(28-10-11-29-20)12-17(18)22(21)25-8-2-1-3-9-25/h4-7,12-14H,1-3,8-11H2. The molecule has 0 unspecified atom stereocenters. The molecule has 1 saturated heterocycles. The van der Waals surface area contributed by atoms with Crippen molar-refractivity contribution in [2.75, 3.05) is 31.2 Å². The molecule has 156 valence electrons. The molecular formula is C22H21ClN2O4S. The van der Waals surface area contributed by atoms with E-state index in [4.69, 9.17) is 21.1 Å². The van der Waals surface area contributed by atoms with Gasteiger partial charge in [-0.05, 0) is 49.6 Å². The number of rotatable bonds is 3. The number of nitrogens with zero attached hydrogens (tertiary/aromatic N) is 2. The molecule has 8 heteroatoms. The van der Waals surface area contributed by atoms with Crippen molar-refractivity contribution >= 4 is 38.0 Å². The molecule has 2 aromatic carbocycles. The molecule has 0 saturated carbocycles. The Morgan fingerprint density at radius 3 is 2.30 bits per heavy atom. The second kappa shape index (κ2) is 7.63. The molecule has 30 heavy (non-hydrogen) atoms. The minimum absolute atomic E-state index is 0.198. The average Bonchev–Trinajstić information content (AvgIpc) is 2.77. The predicted octanol–water partition coefficient (Wildman–Crippen LogP) is 4.48. The zero-order valence-corrected chi connectivity index (χ0v) is 17.9. The average molecular weight is 445 g/mol. The van der Waals surface area contributed by atoms with Crippen molar-refractivity contribution in [3.63, 3.8) is 0 Å². The first-order chi connectivity index (χ1) is 14.5. The van der Waals surface area contributed by atoms with Crippen molar-refractivity contribution in [2.24, 2.45) is 0 Å². The van der Waals surface area contributed by atoms with Crippen LogP contribution in [-0.2, 0) is 9.84 Å².